The molecule has 0 bridgehead atoms. The van der Waals surface area contributed by atoms with Crippen molar-refractivity contribution < 1.29 is 46.3 Å². The maximum absolute atomic E-state index is 16.5. The number of nitrogens with zero attached hydrogens (tertiary/aromatic N) is 3. The van der Waals surface area contributed by atoms with E-state index in [1.54, 1.807) is 43.0 Å². The number of esters is 1. The quantitative estimate of drug-likeness (QED) is 0.0824. The van der Waals surface area contributed by atoms with Crippen molar-refractivity contribution >= 4 is 44.4 Å². The predicted octanol–water partition coefficient (Wildman–Crippen LogP) is 9.26. The Bertz CT molecular complexity index is 2040. The van der Waals surface area contributed by atoms with E-state index >= 15 is 4.39 Å². The van der Waals surface area contributed by atoms with Crippen LogP contribution in [0.4, 0.5) is 14.9 Å². The molecule has 3 aromatic rings. The van der Waals surface area contributed by atoms with Crippen molar-refractivity contribution in [3.63, 3.8) is 0 Å². The van der Waals surface area contributed by atoms with Gasteiger partial charge in [-0.15, -0.1) is 0 Å². The summed E-state index contributed by atoms with van der Waals surface area (Å²) in [7, 11) is -3.44. The second kappa shape index (κ2) is 17.8. The first-order valence-corrected chi connectivity index (χ1v) is 23.1. The van der Waals surface area contributed by atoms with Crippen LogP contribution in [-0.2, 0) is 22.9 Å². The number of hydrogen-bond acceptors (Lipinski definition) is 11. The van der Waals surface area contributed by atoms with Gasteiger partial charge in [0.25, 0.3) is 0 Å². The largest absolute Gasteiger partial charge is 0.492 e. The van der Waals surface area contributed by atoms with Crippen LogP contribution in [0.1, 0.15) is 102 Å². The summed E-state index contributed by atoms with van der Waals surface area (Å²) in [5, 5.41) is -0.664. The molecule has 0 radical (unpaired) electrons. The summed E-state index contributed by atoms with van der Waals surface area (Å²) in [5.41, 5.74) is -0.295. The van der Waals surface area contributed by atoms with Gasteiger partial charge in [-0.25, -0.2) is 14.0 Å². The van der Waals surface area contributed by atoms with Crippen LogP contribution in [-0.4, -0.2) is 85.9 Å². The highest BCUT2D eigenvalue weighted by Gasteiger charge is 2.45. The number of amides is 1. The molecule has 312 valence electrons. The molecular weight excluding hydrogens is 775 g/mol. The maximum atomic E-state index is 16.5. The number of piperidine rings is 1. The first kappa shape index (κ1) is 43.0. The van der Waals surface area contributed by atoms with Crippen LogP contribution < -0.4 is 19.8 Å². The number of benzene rings is 2. The highest BCUT2D eigenvalue weighted by molar-refractivity contribution is 7.71. The zero-order chi connectivity index (χ0) is 41.2. The Labute approximate surface area is 335 Å². The zero-order valence-electron chi connectivity index (χ0n) is 34.2. The van der Waals surface area contributed by atoms with Crippen LogP contribution in [0.5, 0.6) is 11.5 Å². The molecule has 0 N–H and O–H groups in total. The van der Waals surface area contributed by atoms with Crippen molar-refractivity contribution in [2.75, 3.05) is 57.6 Å². The van der Waals surface area contributed by atoms with Crippen LogP contribution in [0.15, 0.2) is 41.3 Å². The summed E-state index contributed by atoms with van der Waals surface area (Å²) in [5.74, 6) is -1.08. The molecule has 0 spiro atoms. The first-order chi connectivity index (χ1) is 27.2. The predicted molar refractivity (Wildman–Crippen MR) is 219 cm³/mol. The number of rotatable bonds is 15. The van der Waals surface area contributed by atoms with E-state index in [0.29, 0.717) is 43.5 Å². The standard InChI is InChI=1S/C41H56FN3O10P2/c1-9-51-56(12-4)39(57(49,52-10-2)53-11-3)26-15-19-29(20-16-26)54-38(47)31-24-45(28-17-18-28)34-30(36(31)46)22-32(42)35(37(34)50-8)43-23-27-14-13-21-44(33(27)25-43)40(48)55-41(5,6)7/h15-16,19-20,22,24,27-28,33,39H,9-14,17-18,21,23,25H2,1-8H3/t27-,33+,39?,56?/m0/s1. The molecule has 4 atom stereocenters. The minimum Gasteiger partial charge on any atom is -0.492 e. The van der Waals surface area contributed by atoms with Crippen molar-refractivity contribution in [1.82, 2.24) is 9.47 Å². The summed E-state index contributed by atoms with van der Waals surface area (Å²) in [6.45, 7) is 15.1. The van der Waals surface area contributed by atoms with Crippen LogP contribution in [0.2, 0.25) is 0 Å². The minimum absolute atomic E-state index is 0.00563. The van der Waals surface area contributed by atoms with E-state index in [9.17, 15) is 18.9 Å². The second-order valence-electron chi connectivity index (χ2n) is 15.6. The van der Waals surface area contributed by atoms with Gasteiger partial charge in [0, 0.05) is 46.6 Å². The number of ether oxygens (including phenoxy) is 3. The monoisotopic (exact) mass is 831 g/mol. The first-order valence-electron chi connectivity index (χ1n) is 20.0. The molecule has 2 unspecified atom stereocenters. The highest BCUT2D eigenvalue weighted by atomic mass is 31.2. The Morgan fingerprint density at radius 3 is 2.26 bits per heavy atom. The lowest BCUT2D eigenvalue weighted by Gasteiger charge is -2.37. The molecule has 3 heterocycles. The van der Waals surface area contributed by atoms with E-state index in [1.165, 1.54) is 19.4 Å². The molecule has 13 nitrogen and oxygen atoms in total. The molecule has 1 aromatic heterocycles. The number of likely N-dealkylation sites (tertiary alicyclic amines) is 1. The van der Waals surface area contributed by atoms with Crippen molar-refractivity contribution in [2.45, 2.75) is 97.2 Å². The molecule has 1 saturated carbocycles. The van der Waals surface area contributed by atoms with Gasteiger partial charge < -0.3 is 42.1 Å². The molecular formula is C41H56FN3O10P2. The summed E-state index contributed by atoms with van der Waals surface area (Å²) < 4.78 is 67.3. The number of aromatic nitrogens is 1. The number of methoxy groups -OCH3 is 1. The Balaban J connectivity index is 1.31. The average molecular weight is 832 g/mol. The number of fused-ring (bicyclic) bond motifs is 2. The van der Waals surface area contributed by atoms with Gasteiger partial charge in [-0.1, -0.05) is 19.1 Å². The molecule has 1 amide bonds. The van der Waals surface area contributed by atoms with E-state index in [2.05, 4.69) is 0 Å². The Hall–Kier alpha value is -3.54. The molecule has 2 aliphatic heterocycles. The fraction of sp³-hybridized carbons (Fsp3) is 0.585. The molecule has 57 heavy (non-hydrogen) atoms. The number of carbonyl (C=O) groups excluding carboxylic acids is 2. The summed E-state index contributed by atoms with van der Waals surface area (Å²) in [4.78, 5) is 44.8. The summed E-state index contributed by atoms with van der Waals surface area (Å²) in [6, 6.07) is 7.54. The summed E-state index contributed by atoms with van der Waals surface area (Å²) in [6.07, 6.45) is 5.03. The van der Waals surface area contributed by atoms with E-state index in [4.69, 9.17) is 27.8 Å². The van der Waals surface area contributed by atoms with Crippen LogP contribution in [0.25, 0.3) is 10.9 Å². The Morgan fingerprint density at radius 2 is 1.68 bits per heavy atom. The normalized spacial score (nSPS) is 19.7. The van der Waals surface area contributed by atoms with E-state index < -0.39 is 44.0 Å². The van der Waals surface area contributed by atoms with Gasteiger partial charge >= 0.3 is 19.7 Å². The highest BCUT2D eigenvalue weighted by Crippen LogP contribution is 2.74. The molecule has 2 aromatic carbocycles. The van der Waals surface area contributed by atoms with E-state index in [-0.39, 0.29) is 65.4 Å². The van der Waals surface area contributed by atoms with Crippen molar-refractivity contribution in [1.29, 1.82) is 0 Å². The Morgan fingerprint density at radius 1 is 1.00 bits per heavy atom. The molecule has 6 rings (SSSR count). The van der Waals surface area contributed by atoms with Crippen molar-refractivity contribution in [3.8, 4) is 11.5 Å². The lowest BCUT2D eigenvalue weighted by Crippen LogP contribution is -2.50. The smallest absolute Gasteiger partial charge is 0.410 e. The van der Waals surface area contributed by atoms with Gasteiger partial charge in [0.15, 0.2) is 11.6 Å². The van der Waals surface area contributed by atoms with Crippen LogP contribution in [0.3, 0.4) is 0 Å². The van der Waals surface area contributed by atoms with Gasteiger partial charge in [0.1, 0.15) is 28.0 Å². The van der Waals surface area contributed by atoms with Gasteiger partial charge in [-0.2, -0.15) is 0 Å². The third-order valence-electron chi connectivity index (χ3n) is 10.5. The molecule has 3 fully saturated rings. The van der Waals surface area contributed by atoms with Crippen LogP contribution in [0, 0.1) is 11.7 Å². The summed E-state index contributed by atoms with van der Waals surface area (Å²) >= 11 is 0. The van der Waals surface area contributed by atoms with Gasteiger partial charge in [-0.3, -0.25) is 9.36 Å². The maximum Gasteiger partial charge on any atom is 0.410 e. The zero-order valence-corrected chi connectivity index (χ0v) is 36.0. The SMILES string of the molecule is CCOP(CC)C(c1ccc(OC(=O)c2cn(C3CC3)c3c(OC)c(N4C[C@@H]5CCCN(C(=O)OC(C)(C)C)[C@@H]5C4)c(F)cc3c2=O)cc1)P(=O)(OCC)OCC. The molecule has 1 aliphatic carbocycles. The number of anilines is 1. The molecule has 2 saturated heterocycles. The third kappa shape index (κ3) is 9.05. The fourth-order valence-corrected chi connectivity index (χ4v) is 13.5. The second-order valence-corrected chi connectivity index (χ2v) is 20.3. The Kier molecular flexibility index (Phi) is 13.4. The number of hydrogen-bond donors (Lipinski definition) is 0. The van der Waals surface area contributed by atoms with Gasteiger partial charge in [0.05, 0.1) is 37.3 Å². The number of carbonyl (C=O) groups is 2. The van der Waals surface area contributed by atoms with Crippen LogP contribution >= 0.6 is 15.7 Å². The minimum atomic E-state index is -3.64. The lowest BCUT2D eigenvalue weighted by molar-refractivity contribution is 0.00667. The number of halogens is 1. The molecule has 16 heteroatoms. The lowest BCUT2D eigenvalue weighted by atomic mass is 9.92. The van der Waals surface area contributed by atoms with E-state index in [1.807, 2.05) is 44.1 Å². The fourth-order valence-electron chi connectivity index (χ4n) is 8.04. The third-order valence-corrected chi connectivity index (χ3v) is 16.3. The van der Waals surface area contributed by atoms with E-state index in [0.717, 1.165) is 25.7 Å². The van der Waals surface area contributed by atoms with Crippen molar-refractivity contribution in [2.24, 2.45) is 5.92 Å². The van der Waals surface area contributed by atoms with Gasteiger partial charge in [-0.05, 0) is 103 Å². The topological polar surface area (TPSA) is 135 Å². The van der Waals surface area contributed by atoms with Gasteiger partial charge in [0.2, 0.25) is 5.43 Å². The average Bonchev–Trinajstić information content (AvgIpc) is 3.92. The molecule has 3 aliphatic rings. The van der Waals surface area contributed by atoms with Crippen molar-refractivity contribution in [3.05, 3.63) is 63.7 Å². The number of pyridine rings is 1.